The Morgan fingerprint density at radius 3 is 2.20 bits per heavy atom. The molecule has 9 heteroatoms. The molecule has 6 nitrogen and oxygen atoms in total. The molecule has 0 bridgehead atoms. The van der Waals surface area contributed by atoms with E-state index >= 15 is 0 Å². The van der Waals surface area contributed by atoms with E-state index in [1.54, 1.807) is 0 Å². The first kappa shape index (κ1) is 34.4. The van der Waals surface area contributed by atoms with E-state index in [-0.39, 0.29) is 37.3 Å². The molecule has 1 amide bonds. The number of amides is 1. The van der Waals surface area contributed by atoms with Gasteiger partial charge in [0.1, 0.15) is 0 Å². The minimum Gasteiger partial charge on any atom is -0.392 e. The Bertz CT molecular complexity index is 1580. The minimum atomic E-state index is -2.01. The van der Waals surface area contributed by atoms with Gasteiger partial charge in [-0.15, -0.1) is 0 Å². The maximum atomic E-state index is 12.0. The number of benzene rings is 4. The molecular formula is C37H39Cl3N2O4. The van der Waals surface area contributed by atoms with Crippen molar-refractivity contribution in [3.05, 3.63) is 131 Å². The van der Waals surface area contributed by atoms with Gasteiger partial charge in [0.25, 0.3) is 9.70 Å². The van der Waals surface area contributed by atoms with Gasteiger partial charge in [0.15, 0.2) is 6.29 Å². The van der Waals surface area contributed by atoms with Crippen LogP contribution in [0.2, 0.25) is 0 Å². The molecule has 5 rings (SSSR count). The van der Waals surface area contributed by atoms with Crippen LogP contribution in [-0.2, 0) is 27.4 Å². The van der Waals surface area contributed by atoms with Crippen LogP contribution in [0.4, 0.5) is 0 Å². The average Bonchev–Trinajstić information content (AvgIpc) is 3.08. The first-order chi connectivity index (χ1) is 22.0. The van der Waals surface area contributed by atoms with Crippen molar-refractivity contribution in [2.45, 2.75) is 55.3 Å². The van der Waals surface area contributed by atoms with Crippen molar-refractivity contribution in [1.29, 1.82) is 0 Å². The molecule has 0 radical (unpaired) electrons. The number of rotatable bonds is 10. The molecule has 242 valence electrons. The third-order valence-corrected chi connectivity index (χ3v) is 9.20. The van der Waals surface area contributed by atoms with Crippen LogP contribution in [-0.4, -0.2) is 39.4 Å². The Balaban J connectivity index is 1.35. The monoisotopic (exact) mass is 680 g/mol. The van der Waals surface area contributed by atoms with Crippen LogP contribution in [0.5, 0.6) is 0 Å². The summed E-state index contributed by atoms with van der Waals surface area (Å²) in [5, 5.41) is 12.2. The smallest absolute Gasteiger partial charge is 0.272 e. The second-order valence-corrected chi connectivity index (χ2v) is 14.1. The number of nitrogens with zero attached hydrogens (tertiary/aromatic N) is 1. The fourth-order valence-electron chi connectivity index (χ4n) is 5.73. The fraction of sp³-hybridized carbons (Fsp3) is 0.324. The van der Waals surface area contributed by atoms with E-state index in [2.05, 4.69) is 55.4 Å². The van der Waals surface area contributed by atoms with Gasteiger partial charge in [-0.2, -0.15) is 0 Å². The molecule has 1 heterocycles. The third-order valence-electron chi connectivity index (χ3n) is 8.69. The maximum absolute atomic E-state index is 12.0. The molecule has 4 aromatic carbocycles. The van der Waals surface area contributed by atoms with E-state index in [4.69, 9.17) is 44.3 Å². The van der Waals surface area contributed by atoms with E-state index in [0.29, 0.717) is 0 Å². The number of nitrogens with one attached hydrogen (secondary N) is 1. The molecule has 0 unspecified atom stereocenters. The Labute approximate surface area is 286 Å². The molecule has 0 spiro atoms. The average molecular weight is 682 g/mol. The van der Waals surface area contributed by atoms with Gasteiger partial charge in [-0.25, -0.2) is 0 Å². The molecule has 5 atom stereocenters. The summed E-state index contributed by atoms with van der Waals surface area (Å²) in [6.45, 7) is 5.35. The second kappa shape index (κ2) is 15.3. The van der Waals surface area contributed by atoms with E-state index in [1.165, 1.54) is 5.56 Å². The summed E-state index contributed by atoms with van der Waals surface area (Å²) in [5.41, 5.74) is 6.96. The molecule has 0 aromatic heterocycles. The zero-order valence-electron chi connectivity index (χ0n) is 26.1. The van der Waals surface area contributed by atoms with Crippen LogP contribution in [0, 0.1) is 5.92 Å². The zero-order chi connectivity index (χ0) is 32.8. The molecule has 0 saturated carbocycles. The topological polar surface area (TPSA) is 71.0 Å². The van der Waals surface area contributed by atoms with Crippen LogP contribution in [0.3, 0.4) is 0 Å². The molecule has 46 heavy (non-hydrogen) atoms. The van der Waals surface area contributed by atoms with Gasteiger partial charge in [0.2, 0.25) is 0 Å². The lowest BCUT2D eigenvalue weighted by Crippen LogP contribution is -2.44. The quantitative estimate of drug-likeness (QED) is 0.165. The maximum Gasteiger partial charge on any atom is 0.272 e. The molecule has 0 aliphatic carbocycles. The van der Waals surface area contributed by atoms with E-state index in [1.807, 2.05) is 78.9 Å². The first-order valence-electron chi connectivity index (χ1n) is 15.3. The summed E-state index contributed by atoms with van der Waals surface area (Å²) < 4.78 is 11.4. The first-order valence-corrected chi connectivity index (χ1v) is 16.5. The Hall–Kier alpha value is -2.94. The fourth-order valence-corrected chi connectivity index (χ4v) is 5.93. The van der Waals surface area contributed by atoms with Gasteiger partial charge in [0.05, 0.1) is 18.8 Å². The van der Waals surface area contributed by atoms with Gasteiger partial charge < -0.3 is 19.9 Å². The number of carbonyl (C=O) groups excluding carboxylic acids is 1. The molecule has 1 fully saturated rings. The van der Waals surface area contributed by atoms with Crippen LogP contribution >= 0.6 is 34.8 Å². The number of hydrogen-bond donors (Lipinski definition) is 2. The van der Waals surface area contributed by atoms with Crippen molar-refractivity contribution in [3.8, 4) is 11.1 Å². The standard InChI is InChI=1S/C37H39Cl3N2O4/c1-24-33(22-42(3)25(2)28-9-5-4-6-10-28)45-35(46-34(24)30-14-12-26(23-43)13-15-30)31-18-16-29(17-19-31)32-11-7-8-27(20-32)21-41-36(44)37(38,39)40/h4-20,24-25,33-35,43H,21-23H2,1-3H3,(H,41,44)/t24-,25-,33+,34+,35+/m0/s1. The predicted molar refractivity (Wildman–Crippen MR) is 184 cm³/mol. The molecule has 1 aliphatic heterocycles. The number of ether oxygens (including phenoxy) is 2. The SMILES string of the molecule is C[C@H]1[C@@H](CN(C)[C@@H](C)c2ccccc2)O[C@@H](c2ccc(-c3cccc(CNC(=O)C(Cl)(Cl)Cl)c3)cc2)O[C@H]1c1ccc(CO)cc1. The van der Waals surface area contributed by atoms with E-state index in [9.17, 15) is 9.90 Å². The number of hydrogen-bond acceptors (Lipinski definition) is 5. The zero-order valence-corrected chi connectivity index (χ0v) is 28.3. The van der Waals surface area contributed by atoms with Gasteiger partial charge in [-0.05, 0) is 53.4 Å². The van der Waals surface area contributed by atoms with Crippen LogP contribution in [0.25, 0.3) is 11.1 Å². The normalized spacial score (nSPS) is 20.8. The highest BCUT2D eigenvalue weighted by Crippen LogP contribution is 2.42. The number of halogens is 3. The van der Waals surface area contributed by atoms with Crippen molar-refractivity contribution in [1.82, 2.24) is 10.2 Å². The van der Waals surface area contributed by atoms with Crippen molar-refractivity contribution in [3.63, 3.8) is 0 Å². The Morgan fingerprint density at radius 2 is 1.54 bits per heavy atom. The molecule has 2 N–H and O–H groups in total. The summed E-state index contributed by atoms with van der Waals surface area (Å²) in [6.07, 6.45) is -0.866. The lowest BCUT2D eigenvalue weighted by Gasteiger charge is -2.43. The van der Waals surface area contributed by atoms with Crippen molar-refractivity contribution in [2.75, 3.05) is 13.6 Å². The highest BCUT2D eigenvalue weighted by molar-refractivity contribution is 6.76. The summed E-state index contributed by atoms with van der Waals surface area (Å²) in [7, 11) is 2.13. The number of aliphatic hydroxyl groups excluding tert-OH is 1. The largest absolute Gasteiger partial charge is 0.392 e. The summed E-state index contributed by atoms with van der Waals surface area (Å²) in [4.78, 5) is 14.3. The van der Waals surface area contributed by atoms with Gasteiger partial charge in [-0.3, -0.25) is 9.69 Å². The summed E-state index contributed by atoms with van der Waals surface area (Å²) in [6, 6.07) is 34.7. The molecule has 4 aromatic rings. The van der Waals surface area contributed by atoms with Crippen molar-refractivity contribution >= 4 is 40.7 Å². The van der Waals surface area contributed by atoms with Crippen molar-refractivity contribution < 1.29 is 19.4 Å². The van der Waals surface area contributed by atoms with Crippen LogP contribution in [0.1, 0.15) is 60.1 Å². The third kappa shape index (κ3) is 8.50. The highest BCUT2D eigenvalue weighted by atomic mass is 35.6. The van der Waals surface area contributed by atoms with Crippen LogP contribution in [0.15, 0.2) is 103 Å². The lowest BCUT2D eigenvalue weighted by molar-refractivity contribution is -0.276. The van der Waals surface area contributed by atoms with E-state index in [0.717, 1.165) is 39.9 Å². The van der Waals surface area contributed by atoms with Gasteiger partial charge in [0, 0.05) is 30.6 Å². The lowest BCUT2D eigenvalue weighted by atomic mass is 9.89. The highest BCUT2D eigenvalue weighted by Gasteiger charge is 2.39. The molecule has 1 saturated heterocycles. The predicted octanol–water partition coefficient (Wildman–Crippen LogP) is 8.32. The Morgan fingerprint density at radius 1 is 0.870 bits per heavy atom. The number of carbonyl (C=O) groups is 1. The molecular weight excluding hydrogens is 643 g/mol. The van der Waals surface area contributed by atoms with Gasteiger partial charge in [-0.1, -0.05) is 139 Å². The van der Waals surface area contributed by atoms with Crippen LogP contribution < -0.4 is 5.32 Å². The van der Waals surface area contributed by atoms with Gasteiger partial charge >= 0.3 is 0 Å². The molecule has 1 aliphatic rings. The second-order valence-electron chi connectivity index (χ2n) is 11.9. The van der Waals surface area contributed by atoms with E-state index < -0.39 is 16.0 Å². The summed E-state index contributed by atoms with van der Waals surface area (Å²) in [5.74, 6) is -0.596. The number of alkyl halides is 3. The Kier molecular flexibility index (Phi) is 11.4. The minimum absolute atomic E-state index is 0.00324. The van der Waals surface area contributed by atoms with Crippen molar-refractivity contribution in [2.24, 2.45) is 5.92 Å². The number of aliphatic hydroxyl groups is 1. The summed E-state index contributed by atoms with van der Waals surface area (Å²) >= 11 is 17.0. The number of likely N-dealkylation sites (N-methyl/N-ethyl adjacent to an activating group) is 1.